The maximum absolute atomic E-state index is 6.33. The number of benzene rings is 2. The van der Waals surface area contributed by atoms with Crippen LogP contribution in [0.25, 0.3) is 52.0 Å². The summed E-state index contributed by atoms with van der Waals surface area (Å²) in [6.07, 6.45) is 15.0. The zero-order valence-electron chi connectivity index (χ0n) is 40.7. The van der Waals surface area contributed by atoms with Crippen molar-refractivity contribution in [1.82, 2.24) is 29.7 Å². The van der Waals surface area contributed by atoms with Crippen LogP contribution >= 0.6 is 56.9 Å². The van der Waals surface area contributed by atoms with E-state index in [1.54, 1.807) is 51.5 Å². The van der Waals surface area contributed by atoms with Crippen molar-refractivity contribution in [1.29, 1.82) is 0 Å². The van der Waals surface area contributed by atoms with Crippen LogP contribution in [0.4, 0.5) is 17.1 Å². The molecule has 0 spiro atoms. The number of hydrogen-bond donors (Lipinski definition) is 2. The van der Waals surface area contributed by atoms with Crippen molar-refractivity contribution in [3.05, 3.63) is 111 Å². The Kier molecular flexibility index (Phi) is 15.8. The summed E-state index contributed by atoms with van der Waals surface area (Å²) in [6, 6.07) is 20.5. The minimum absolute atomic E-state index is 0.0160. The molecule has 8 aromatic rings. The van der Waals surface area contributed by atoms with Gasteiger partial charge >= 0.3 is 0 Å². The highest BCUT2D eigenvalue weighted by atomic mass is 35.5. The summed E-state index contributed by atoms with van der Waals surface area (Å²) in [5.41, 5.74) is 16.8. The van der Waals surface area contributed by atoms with Crippen LogP contribution in [-0.4, -0.2) is 106 Å². The molecule has 0 aliphatic carbocycles. The van der Waals surface area contributed by atoms with Crippen LogP contribution in [0, 0.1) is 0 Å². The second-order valence-electron chi connectivity index (χ2n) is 19.1. The van der Waals surface area contributed by atoms with Crippen LogP contribution in [0.2, 0.25) is 5.02 Å². The highest BCUT2D eigenvalue weighted by Gasteiger charge is 2.38. The summed E-state index contributed by atoms with van der Waals surface area (Å²) in [6.45, 7) is 15.9. The first-order valence-corrected chi connectivity index (χ1v) is 28.3. The third kappa shape index (κ3) is 11.5. The molecule has 4 aliphatic heterocycles. The fraction of sp³-hybridized carbons (Fsp3) is 0.407. The first kappa shape index (κ1) is 50.1. The number of halogens is 1. The van der Waals surface area contributed by atoms with Crippen LogP contribution < -0.4 is 11.1 Å². The SMILES string of the molecule is CC1(C)C(c2cc3c(Cl)ccnc3s2)=CCN1CCOC1CCCCO1.CC1(C)C(c2cc3c(Nc4ccc5scnc5c4)ccnc3s2)=CCN1CCOC1CCCCO1.Nc1ccc2scnc2c1. The summed E-state index contributed by atoms with van der Waals surface area (Å²) in [5, 5.41) is 6.56. The molecule has 12 rings (SSSR count). The van der Waals surface area contributed by atoms with E-state index in [4.69, 9.17) is 36.3 Å². The van der Waals surface area contributed by atoms with Gasteiger partial charge in [-0.05, 0) is 138 Å². The van der Waals surface area contributed by atoms with Crippen LogP contribution in [0.15, 0.2) is 96.2 Å². The molecule has 0 bridgehead atoms. The fourth-order valence-corrected chi connectivity index (χ4v) is 13.7. The van der Waals surface area contributed by atoms with Gasteiger partial charge in [-0.3, -0.25) is 9.80 Å². The molecule has 372 valence electrons. The Morgan fingerprint density at radius 3 is 1.80 bits per heavy atom. The number of hydrogen-bond acceptors (Lipinski definition) is 16. The lowest BCUT2D eigenvalue weighted by Crippen LogP contribution is -2.42. The number of pyridine rings is 2. The molecule has 0 amide bonds. The molecule has 17 heteroatoms. The molecule has 3 N–H and O–H groups in total. The molecule has 2 unspecified atom stereocenters. The molecule has 0 saturated carbocycles. The molecule has 71 heavy (non-hydrogen) atoms. The molecule has 2 atom stereocenters. The van der Waals surface area contributed by atoms with Crippen molar-refractivity contribution in [2.45, 2.75) is 89.9 Å². The number of nitrogen functional groups attached to an aromatic ring is 1. The number of nitrogens with two attached hydrogens (primary N) is 1. The lowest BCUT2D eigenvalue weighted by Gasteiger charge is -2.35. The van der Waals surface area contributed by atoms with E-state index in [-0.39, 0.29) is 23.7 Å². The van der Waals surface area contributed by atoms with Gasteiger partial charge in [0.15, 0.2) is 12.6 Å². The van der Waals surface area contributed by atoms with Gasteiger partial charge in [-0.25, -0.2) is 19.9 Å². The maximum atomic E-state index is 6.33. The number of ether oxygens (including phenoxy) is 4. The van der Waals surface area contributed by atoms with Gasteiger partial charge < -0.3 is 30.0 Å². The summed E-state index contributed by atoms with van der Waals surface area (Å²) >= 11 is 13.1. The van der Waals surface area contributed by atoms with Crippen molar-refractivity contribution < 1.29 is 18.9 Å². The molecule has 4 aliphatic rings. The Morgan fingerprint density at radius 2 is 1.23 bits per heavy atom. The molecule has 12 nitrogen and oxygen atoms in total. The van der Waals surface area contributed by atoms with E-state index in [1.807, 2.05) is 41.5 Å². The first-order valence-electron chi connectivity index (χ1n) is 24.5. The van der Waals surface area contributed by atoms with Crippen LogP contribution in [0.1, 0.15) is 76.0 Å². The zero-order chi connectivity index (χ0) is 49.0. The monoisotopic (exact) mass is 1050 g/mol. The predicted octanol–water partition coefficient (Wildman–Crippen LogP) is 13.5. The van der Waals surface area contributed by atoms with Crippen LogP contribution in [0.3, 0.4) is 0 Å². The van der Waals surface area contributed by atoms with E-state index in [0.717, 1.165) is 119 Å². The third-order valence-corrected chi connectivity index (χ3v) is 18.0. The summed E-state index contributed by atoms with van der Waals surface area (Å²) in [4.78, 5) is 27.2. The summed E-state index contributed by atoms with van der Waals surface area (Å²) < 4.78 is 25.7. The molecular formula is C54H61ClN8O4S4. The number of rotatable bonds is 12. The number of nitrogens with one attached hydrogen (secondary N) is 1. The minimum Gasteiger partial charge on any atom is -0.399 e. The topological polar surface area (TPSA) is 133 Å². The number of aromatic nitrogens is 4. The number of thiophene rings is 2. The van der Waals surface area contributed by atoms with Gasteiger partial charge in [0.25, 0.3) is 0 Å². The van der Waals surface area contributed by atoms with Gasteiger partial charge in [0, 0.05) is 94.8 Å². The average molecular weight is 1050 g/mol. The lowest BCUT2D eigenvalue weighted by molar-refractivity contribution is -0.165. The van der Waals surface area contributed by atoms with E-state index >= 15 is 0 Å². The van der Waals surface area contributed by atoms with E-state index < -0.39 is 0 Å². The Hall–Kier alpha value is -4.43. The molecule has 10 heterocycles. The van der Waals surface area contributed by atoms with Crippen molar-refractivity contribution in [2.24, 2.45) is 0 Å². The molecule has 0 radical (unpaired) electrons. The Labute approximate surface area is 436 Å². The maximum Gasteiger partial charge on any atom is 0.157 e. The van der Waals surface area contributed by atoms with E-state index in [0.29, 0.717) is 13.2 Å². The summed E-state index contributed by atoms with van der Waals surface area (Å²) in [7, 11) is 0. The number of fused-ring (bicyclic) bond motifs is 4. The highest BCUT2D eigenvalue weighted by molar-refractivity contribution is 7.20. The lowest BCUT2D eigenvalue weighted by atomic mass is 9.94. The Balaban J connectivity index is 0.000000141. The van der Waals surface area contributed by atoms with Crippen molar-refractivity contribution >= 4 is 126 Å². The highest BCUT2D eigenvalue weighted by Crippen LogP contribution is 2.44. The minimum atomic E-state index is -0.0685. The third-order valence-electron chi connectivity index (χ3n) is 13.8. The normalized spacial score (nSPS) is 20.2. The van der Waals surface area contributed by atoms with Gasteiger partial charge in [0.05, 0.1) is 55.4 Å². The second kappa shape index (κ2) is 22.4. The largest absolute Gasteiger partial charge is 0.399 e. The van der Waals surface area contributed by atoms with Gasteiger partial charge in [0.1, 0.15) is 9.66 Å². The van der Waals surface area contributed by atoms with Crippen molar-refractivity contribution in [3.63, 3.8) is 0 Å². The number of thiazole rings is 2. The van der Waals surface area contributed by atoms with Gasteiger partial charge in [-0.1, -0.05) is 23.8 Å². The molecule has 6 aromatic heterocycles. The standard InChI is InChI=1S/C27H30N4O2S2.C20H25ClN2O2S.C7H6N2S/c1-27(2)20(9-11-31(27)12-14-33-25-5-3-4-13-32-25)24-16-19-21(8-10-28-26(19)35-24)30-18-6-7-23-22(15-18)29-17-34-23;1-20(2)15(17-13-14-16(21)6-8-22-19(14)26-17)7-9-23(20)10-12-25-18-5-3-4-11-24-18;8-5-1-2-7-6(3-5)9-4-10-7/h6-10,15-17,25H,3-5,11-14H2,1-2H3,(H,28,30);6-8,13,18H,3-5,9-12H2,1-2H3;1-4H,8H2. The number of anilines is 3. The predicted molar refractivity (Wildman–Crippen MR) is 298 cm³/mol. The molecular weight excluding hydrogens is 988 g/mol. The van der Waals surface area contributed by atoms with Crippen LogP contribution in [0.5, 0.6) is 0 Å². The van der Waals surface area contributed by atoms with Crippen molar-refractivity contribution in [2.75, 3.05) is 63.7 Å². The molecule has 2 saturated heterocycles. The summed E-state index contributed by atoms with van der Waals surface area (Å²) in [5.74, 6) is 0. The van der Waals surface area contributed by atoms with Gasteiger partial charge in [0.2, 0.25) is 0 Å². The average Bonchev–Trinajstić information content (AvgIpc) is 4.25. The molecule has 2 fully saturated rings. The van der Waals surface area contributed by atoms with E-state index in [1.165, 1.54) is 43.1 Å². The van der Waals surface area contributed by atoms with E-state index in [9.17, 15) is 0 Å². The van der Waals surface area contributed by atoms with Crippen LogP contribution in [-0.2, 0) is 18.9 Å². The smallest absolute Gasteiger partial charge is 0.157 e. The second-order valence-corrected chi connectivity index (χ2v) is 23.4. The van der Waals surface area contributed by atoms with Gasteiger partial charge in [-0.15, -0.1) is 45.3 Å². The fourth-order valence-electron chi connectivity index (χ4n) is 9.71. The van der Waals surface area contributed by atoms with E-state index in [2.05, 4.69) is 111 Å². The molecule has 2 aromatic carbocycles. The van der Waals surface area contributed by atoms with Crippen molar-refractivity contribution in [3.8, 4) is 0 Å². The quantitative estimate of drug-likeness (QED) is 0.113. The van der Waals surface area contributed by atoms with Gasteiger partial charge in [-0.2, -0.15) is 0 Å². The Bertz CT molecular complexity index is 3150. The Morgan fingerprint density at radius 1 is 0.676 bits per heavy atom. The zero-order valence-corrected chi connectivity index (χ0v) is 44.7. The number of nitrogens with zero attached hydrogens (tertiary/aromatic N) is 6. The first-order chi connectivity index (χ1) is 34.5.